The summed E-state index contributed by atoms with van der Waals surface area (Å²) >= 11 is 3.01. The van der Waals surface area contributed by atoms with Gasteiger partial charge in [-0.2, -0.15) is 4.72 Å². The summed E-state index contributed by atoms with van der Waals surface area (Å²) in [5.74, 6) is -0.247. The van der Waals surface area contributed by atoms with E-state index in [1.807, 2.05) is 26.0 Å². The van der Waals surface area contributed by atoms with Gasteiger partial charge in [0.25, 0.3) is 0 Å². The van der Waals surface area contributed by atoms with Crippen LogP contribution in [0.5, 0.6) is 0 Å². The molecular weight excluding hydrogens is 334 g/mol. The summed E-state index contributed by atoms with van der Waals surface area (Å²) in [6, 6.07) is 7.33. The maximum absolute atomic E-state index is 12.2. The molecule has 0 spiro atoms. The Hall–Kier alpha value is -1.35. The summed E-state index contributed by atoms with van der Waals surface area (Å²) in [4.78, 5) is 12.5. The van der Waals surface area contributed by atoms with Gasteiger partial charge < -0.3 is 10.6 Å². The lowest BCUT2D eigenvalue weighted by molar-refractivity contribution is -0.121. The predicted octanol–water partition coefficient (Wildman–Crippen LogP) is 1.38. The Kier molecular flexibility index (Phi) is 7.77. The highest BCUT2D eigenvalue weighted by molar-refractivity contribution is 7.80. The van der Waals surface area contributed by atoms with Gasteiger partial charge in [-0.05, 0) is 18.9 Å². The van der Waals surface area contributed by atoms with Crippen LogP contribution in [-0.2, 0) is 21.6 Å². The van der Waals surface area contributed by atoms with Crippen LogP contribution in [0, 0.1) is 6.92 Å². The first kappa shape index (κ1) is 19.7. The maximum Gasteiger partial charge on any atom is 0.232 e. The number of thiocarbonyl (C=S) groups is 1. The van der Waals surface area contributed by atoms with Crippen LogP contribution in [0.3, 0.4) is 0 Å². The lowest BCUT2D eigenvalue weighted by atomic mass is 9.86. The fourth-order valence-electron chi connectivity index (χ4n) is 2.22. The Bertz CT molecular complexity index is 578. The van der Waals surface area contributed by atoms with Crippen molar-refractivity contribution >= 4 is 34.4 Å². The molecule has 1 aromatic rings. The highest BCUT2D eigenvalue weighted by Crippen LogP contribution is 2.27. The Balaban J connectivity index is 3.29. The van der Waals surface area contributed by atoms with Crippen LogP contribution in [0.4, 0.5) is 0 Å². The van der Waals surface area contributed by atoms with Crippen molar-refractivity contribution in [3.63, 3.8) is 0 Å². The van der Waals surface area contributed by atoms with Crippen molar-refractivity contribution in [3.05, 3.63) is 35.4 Å². The number of aryl methyl sites for hydroxylation is 1. The van der Waals surface area contributed by atoms with Gasteiger partial charge in [-0.1, -0.05) is 49.0 Å². The van der Waals surface area contributed by atoms with E-state index >= 15 is 0 Å². The standard InChI is InChI=1S/C15H23N3O3S2/c1-4-9-17-13(19)10-15(14(22)16-3,18-23(20)21)12-7-5-11(2)6-8-12/h5-8,18H,4,9-10H2,1-3H3,(H,16,22)(H,17,19)(H,20,21). The second kappa shape index (κ2) is 9.07. The average Bonchev–Trinajstić information content (AvgIpc) is 2.51. The minimum absolute atomic E-state index is 0.0813. The molecule has 0 aliphatic carbocycles. The zero-order chi connectivity index (χ0) is 17.5. The molecule has 2 atom stereocenters. The van der Waals surface area contributed by atoms with E-state index in [0.717, 1.165) is 12.0 Å². The maximum atomic E-state index is 12.2. The minimum atomic E-state index is -2.34. The molecule has 0 aliphatic heterocycles. The van der Waals surface area contributed by atoms with E-state index in [-0.39, 0.29) is 17.3 Å². The van der Waals surface area contributed by atoms with Crippen molar-refractivity contribution in [1.82, 2.24) is 15.4 Å². The molecule has 23 heavy (non-hydrogen) atoms. The van der Waals surface area contributed by atoms with Crippen molar-refractivity contribution in [3.8, 4) is 0 Å². The van der Waals surface area contributed by atoms with Crippen molar-refractivity contribution in [2.24, 2.45) is 0 Å². The molecule has 0 saturated heterocycles. The van der Waals surface area contributed by atoms with Gasteiger partial charge in [0.05, 0.1) is 6.42 Å². The quantitative estimate of drug-likeness (QED) is 0.417. The Morgan fingerprint density at radius 3 is 2.43 bits per heavy atom. The lowest BCUT2D eigenvalue weighted by Gasteiger charge is -2.34. The third-order valence-corrected chi connectivity index (χ3v) is 4.49. The molecule has 6 nitrogen and oxygen atoms in total. The van der Waals surface area contributed by atoms with Gasteiger partial charge in [0, 0.05) is 13.6 Å². The third kappa shape index (κ3) is 5.35. The van der Waals surface area contributed by atoms with Gasteiger partial charge in [-0.15, -0.1) is 0 Å². The zero-order valence-corrected chi connectivity index (χ0v) is 15.1. The smallest absolute Gasteiger partial charge is 0.232 e. The van der Waals surface area contributed by atoms with E-state index < -0.39 is 16.8 Å². The number of carbonyl (C=O) groups is 1. The fourth-order valence-corrected chi connectivity index (χ4v) is 3.12. The molecular formula is C15H23N3O3S2. The number of hydrogen-bond acceptors (Lipinski definition) is 3. The summed E-state index contributed by atoms with van der Waals surface area (Å²) in [5.41, 5.74) is 0.435. The minimum Gasteiger partial charge on any atom is -0.381 e. The summed E-state index contributed by atoms with van der Waals surface area (Å²) in [5, 5.41) is 5.60. The number of amides is 1. The van der Waals surface area contributed by atoms with Crippen molar-refractivity contribution < 1.29 is 13.6 Å². The lowest BCUT2D eigenvalue weighted by Crippen LogP contribution is -2.55. The number of hydrogen-bond donors (Lipinski definition) is 4. The molecule has 0 aromatic heterocycles. The number of rotatable bonds is 8. The molecule has 0 bridgehead atoms. The largest absolute Gasteiger partial charge is 0.381 e. The van der Waals surface area contributed by atoms with Crippen LogP contribution in [0.25, 0.3) is 0 Å². The molecule has 8 heteroatoms. The monoisotopic (exact) mass is 357 g/mol. The summed E-state index contributed by atoms with van der Waals surface area (Å²) in [6.07, 6.45) is 0.723. The highest BCUT2D eigenvalue weighted by atomic mass is 32.2. The number of benzene rings is 1. The molecule has 1 aromatic carbocycles. The van der Waals surface area contributed by atoms with Crippen LogP contribution in [0.15, 0.2) is 24.3 Å². The van der Waals surface area contributed by atoms with Gasteiger partial charge in [-0.25, -0.2) is 4.21 Å². The topological polar surface area (TPSA) is 90.5 Å². The molecule has 1 rings (SSSR count). The molecule has 128 valence electrons. The second-order valence-corrected chi connectivity index (χ2v) is 6.34. The number of carbonyl (C=O) groups excluding carboxylic acids is 1. The van der Waals surface area contributed by atoms with Gasteiger partial charge in [0.2, 0.25) is 17.2 Å². The fraction of sp³-hybridized carbons (Fsp3) is 0.467. The normalized spacial score (nSPS) is 14.6. The van der Waals surface area contributed by atoms with Crippen LogP contribution < -0.4 is 15.4 Å². The Morgan fingerprint density at radius 1 is 1.35 bits per heavy atom. The molecule has 0 radical (unpaired) electrons. The zero-order valence-electron chi connectivity index (χ0n) is 13.5. The van der Waals surface area contributed by atoms with Crippen LogP contribution in [0.2, 0.25) is 0 Å². The first-order valence-electron chi connectivity index (χ1n) is 7.30. The molecule has 0 saturated carbocycles. The summed E-state index contributed by atoms with van der Waals surface area (Å²) < 4.78 is 23.4. The first-order chi connectivity index (χ1) is 10.9. The number of likely N-dealkylation sites (N-methyl/N-ethyl adjacent to an activating group) is 1. The van der Waals surface area contributed by atoms with Crippen molar-refractivity contribution in [1.29, 1.82) is 0 Å². The Labute approximate surface area is 144 Å². The SMILES string of the molecule is CCCNC(=O)CC(NS(=O)O)(C(=S)NC)c1ccc(C)cc1. The Morgan fingerprint density at radius 2 is 1.96 bits per heavy atom. The highest BCUT2D eigenvalue weighted by Gasteiger charge is 2.40. The van der Waals surface area contributed by atoms with Gasteiger partial charge >= 0.3 is 0 Å². The van der Waals surface area contributed by atoms with Gasteiger partial charge in [-0.3, -0.25) is 9.35 Å². The third-order valence-electron chi connectivity index (χ3n) is 3.42. The summed E-state index contributed by atoms with van der Waals surface area (Å²) in [7, 11) is 1.62. The molecule has 0 fully saturated rings. The van der Waals surface area contributed by atoms with Crippen LogP contribution in [-0.4, -0.2) is 33.2 Å². The summed E-state index contributed by atoms with van der Waals surface area (Å²) in [6.45, 7) is 4.43. The van der Waals surface area contributed by atoms with Crippen molar-refractivity contribution in [2.45, 2.75) is 32.2 Å². The average molecular weight is 358 g/mol. The van der Waals surface area contributed by atoms with E-state index in [2.05, 4.69) is 15.4 Å². The number of nitrogens with one attached hydrogen (secondary N) is 3. The predicted molar refractivity (Wildman–Crippen MR) is 96.3 cm³/mol. The van der Waals surface area contributed by atoms with E-state index in [9.17, 15) is 13.6 Å². The van der Waals surface area contributed by atoms with Gasteiger partial charge in [0.15, 0.2) is 0 Å². The molecule has 0 heterocycles. The van der Waals surface area contributed by atoms with Crippen LogP contribution in [0.1, 0.15) is 30.9 Å². The molecule has 0 aliphatic rings. The second-order valence-electron chi connectivity index (χ2n) is 5.23. The van der Waals surface area contributed by atoms with E-state index in [1.54, 1.807) is 19.2 Å². The van der Waals surface area contributed by atoms with E-state index in [0.29, 0.717) is 12.1 Å². The van der Waals surface area contributed by atoms with E-state index in [4.69, 9.17) is 12.2 Å². The van der Waals surface area contributed by atoms with E-state index in [1.165, 1.54) is 0 Å². The first-order valence-corrected chi connectivity index (χ1v) is 8.82. The molecule has 4 N–H and O–H groups in total. The molecule has 1 amide bonds. The van der Waals surface area contributed by atoms with Crippen molar-refractivity contribution in [2.75, 3.05) is 13.6 Å². The van der Waals surface area contributed by atoms with Crippen LogP contribution >= 0.6 is 12.2 Å². The molecule has 2 unspecified atom stereocenters. The van der Waals surface area contributed by atoms with Gasteiger partial charge in [0.1, 0.15) is 10.5 Å².